The number of nitrogens with one attached hydrogen (secondary N) is 1. The molecule has 2 aromatic rings. The maximum atomic E-state index is 12.6. The molecule has 0 aromatic carbocycles. The van der Waals surface area contributed by atoms with Crippen LogP contribution in [0, 0.1) is 0 Å². The number of nitrogens with zero attached hydrogens (tertiary/aromatic N) is 3. The van der Waals surface area contributed by atoms with Crippen molar-refractivity contribution < 1.29 is 4.79 Å². The lowest BCUT2D eigenvalue weighted by Gasteiger charge is -2.09. The van der Waals surface area contributed by atoms with Crippen molar-refractivity contribution in [1.29, 1.82) is 0 Å². The quantitative estimate of drug-likeness (QED) is 0.905. The number of Topliss-reactive ketones (excluding diaryl/α,β-unsaturated/α-hetero) is 1. The Labute approximate surface area is 133 Å². The molecule has 7 heteroatoms. The monoisotopic (exact) mass is 318 g/mol. The molecule has 1 aliphatic carbocycles. The fraction of sp³-hybridized carbons (Fsp3) is 0.625. The largest absolute Gasteiger partial charge is 0.336 e. The summed E-state index contributed by atoms with van der Waals surface area (Å²) in [6, 6.07) is 0. The third-order valence-electron chi connectivity index (χ3n) is 4.41. The Morgan fingerprint density at radius 2 is 1.83 bits per heavy atom. The number of aryl methyl sites for hydroxylation is 1. The second-order valence-corrected chi connectivity index (χ2v) is 6.19. The smallest absolute Gasteiger partial charge is 0.332 e. The number of hydrogen-bond acceptors (Lipinski definition) is 4. The van der Waals surface area contributed by atoms with E-state index >= 15 is 0 Å². The van der Waals surface area contributed by atoms with Crippen LogP contribution in [0.4, 0.5) is 0 Å². The molecule has 124 valence electrons. The van der Waals surface area contributed by atoms with Crippen molar-refractivity contribution in [3.63, 3.8) is 0 Å². The first-order valence-corrected chi connectivity index (χ1v) is 8.31. The highest BCUT2D eigenvalue weighted by molar-refractivity contribution is 5.81. The Morgan fingerprint density at radius 3 is 2.43 bits per heavy atom. The van der Waals surface area contributed by atoms with Gasteiger partial charge in [0, 0.05) is 31.8 Å². The van der Waals surface area contributed by atoms with E-state index in [4.69, 9.17) is 0 Å². The van der Waals surface area contributed by atoms with Crippen molar-refractivity contribution in [3.8, 4) is 0 Å². The molecule has 1 atom stereocenters. The summed E-state index contributed by atoms with van der Waals surface area (Å²) in [7, 11) is 0. The Balaban J connectivity index is 2.21. The van der Waals surface area contributed by atoms with Crippen molar-refractivity contribution in [2.75, 3.05) is 0 Å². The van der Waals surface area contributed by atoms with Crippen molar-refractivity contribution in [1.82, 2.24) is 19.1 Å². The molecule has 0 radical (unpaired) electrons. The third-order valence-corrected chi connectivity index (χ3v) is 4.41. The molecule has 2 heterocycles. The molecule has 7 nitrogen and oxygen atoms in total. The number of rotatable bonds is 5. The molecule has 1 saturated carbocycles. The molecule has 1 fully saturated rings. The predicted octanol–water partition coefficient (Wildman–Crippen LogP) is 1.54. The minimum Gasteiger partial charge on any atom is -0.336 e. The average molecular weight is 318 g/mol. The molecule has 1 aliphatic rings. The van der Waals surface area contributed by atoms with Gasteiger partial charge in [-0.1, -0.05) is 13.8 Å². The molecular formula is C16H22N4O3. The minimum absolute atomic E-state index is 0.0269. The third kappa shape index (κ3) is 2.64. The van der Waals surface area contributed by atoms with Gasteiger partial charge in [0.1, 0.15) is 17.1 Å². The molecule has 0 saturated heterocycles. The molecule has 3 rings (SSSR count). The van der Waals surface area contributed by atoms with Crippen LogP contribution in [-0.4, -0.2) is 24.9 Å². The molecule has 0 unspecified atom stereocenters. The number of H-pyrrole nitrogens is 1. The molecule has 0 spiro atoms. The van der Waals surface area contributed by atoms with E-state index in [1.54, 1.807) is 4.57 Å². The van der Waals surface area contributed by atoms with E-state index in [0.717, 1.165) is 12.8 Å². The van der Waals surface area contributed by atoms with Crippen LogP contribution >= 0.6 is 0 Å². The fourth-order valence-corrected chi connectivity index (χ4v) is 3.27. The topological polar surface area (TPSA) is 89.8 Å². The SMILES string of the molecule is CCCn1c(=O)c2[nH]c([C@@H]3CCC(=O)C3)nc2n(CCC)c1=O. The van der Waals surface area contributed by atoms with Crippen LogP contribution in [-0.2, 0) is 17.9 Å². The van der Waals surface area contributed by atoms with Crippen molar-refractivity contribution in [2.45, 2.75) is 65.0 Å². The number of aromatic amines is 1. The van der Waals surface area contributed by atoms with Gasteiger partial charge in [-0.2, -0.15) is 0 Å². The van der Waals surface area contributed by atoms with Gasteiger partial charge in [0.05, 0.1) is 0 Å². The number of fused-ring (bicyclic) bond motifs is 1. The van der Waals surface area contributed by atoms with Crippen LogP contribution in [0.1, 0.15) is 57.7 Å². The predicted molar refractivity (Wildman–Crippen MR) is 86.8 cm³/mol. The molecule has 0 aliphatic heterocycles. The van der Waals surface area contributed by atoms with E-state index in [1.807, 2.05) is 13.8 Å². The highest BCUT2D eigenvalue weighted by atomic mass is 16.2. The zero-order valence-electron chi connectivity index (χ0n) is 13.6. The van der Waals surface area contributed by atoms with Crippen LogP contribution in [0.15, 0.2) is 9.59 Å². The molecule has 23 heavy (non-hydrogen) atoms. The van der Waals surface area contributed by atoms with Gasteiger partial charge in [-0.25, -0.2) is 9.78 Å². The Morgan fingerprint density at radius 1 is 1.13 bits per heavy atom. The van der Waals surface area contributed by atoms with E-state index in [-0.39, 0.29) is 23.0 Å². The summed E-state index contributed by atoms with van der Waals surface area (Å²) in [4.78, 5) is 44.3. The average Bonchev–Trinajstić information content (AvgIpc) is 3.14. The van der Waals surface area contributed by atoms with Crippen LogP contribution in [0.2, 0.25) is 0 Å². The Hall–Kier alpha value is -2.18. The Bertz CT molecular complexity index is 859. The van der Waals surface area contributed by atoms with Crippen LogP contribution in [0.25, 0.3) is 11.2 Å². The molecule has 1 N–H and O–H groups in total. The van der Waals surface area contributed by atoms with E-state index < -0.39 is 0 Å². The number of carbonyl (C=O) groups is 1. The number of carbonyl (C=O) groups excluding carboxylic acids is 1. The lowest BCUT2D eigenvalue weighted by Crippen LogP contribution is -2.40. The van der Waals surface area contributed by atoms with Crippen LogP contribution in [0.5, 0.6) is 0 Å². The van der Waals surface area contributed by atoms with Gasteiger partial charge in [-0.15, -0.1) is 0 Å². The maximum Gasteiger partial charge on any atom is 0.332 e. The van der Waals surface area contributed by atoms with Gasteiger partial charge in [0.2, 0.25) is 0 Å². The lowest BCUT2D eigenvalue weighted by atomic mass is 10.1. The fourth-order valence-electron chi connectivity index (χ4n) is 3.27. The normalized spacial score (nSPS) is 18.2. The summed E-state index contributed by atoms with van der Waals surface area (Å²) >= 11 is 0. The first-order chi connectivity index (χ1) is 11.1. The van der Waals surface area contributed by atoms with E-state index in [0.29, 0.717) is 49.3 Å². The van der Waals surface area contributed by atoms with Crippen molar-refractivity contribution in [2.24, 2.45) is 0 Å². The number of aromatic nitrogens is 4. The van der Waals surface area contributed by atoms with E-state index in [9.17, 15) is 14.4 Å². The molecule has 0 amide bonds. The molecule has 2 aromatic heterocycles. The summed E-state index contributed by atoms with van der Waals surface area (Å²) in [5.41, 5.74) is 0.179. The van der Waals surface area contributed by atoms with Crippen molar-refractivity contribution >= 4 is 16.9 Å². The second kappa shape index (κ2) is 6.14. The standard InChI is InChI=1S/C16H22N4O3/c1-3-7-19-14-12(15(22)20(8-4-2)16(19)23)17-13(18-14)10-5-6-11(21)9-10/h10H,3-9H2,1-2H3,(H,17,18)/t10-/m1/s1. The first-order valence-electron chi connectivity index (χ1n) is 8.31. The second-order valence-electron chi connectivity index (χ2n) is 6.19. The van der Waals surface area contributed by atoms with Gasteiger partial charge in [-0.05, 0) is 19.3 Å². The minimum atomic E-state index is -0.317. The van der Waals surface area contributed by atoms with E-state index in [1.165, 1.54) is 4.57 Å². The zero-order chi connectivity index (χ0) is 16.6. The summed E-state index contributed by atoms with van der Waals surface area (Å²) in [6.45, 7) is 4.83. The van der Waals surface area contributed by atoms with E-state index in [2.05, 4.69) is 9.97 Å². The Kier molecular flexibility index (Phi) is 4.19. The maximum absolute atomic E-state index is 12.6. The highest BCUT2D eigenvalue weighted by Crippen LogP contribution is 2.30. The first kappa shape index (κ1) is 15.7. The summed E-state index contributed by atoms with van der Waals surface area (Å²) in [5.74, 6) is 0.908. The summed E-state index contributed by atoms with van der Waals surface area (Å²) in [6.07, 6.45) is 3.26. The van der Waals surface area contributed by atoms with Crippen molar-refractivity contribution in [3.05, 3.63) is 26.7 Å². The van der Waals surface area contributed by atoms with Gasteiger partial charge in [0.25, 0.3) is 5.56 Å². The molecular weight excluding hydrogens is 296 g/mol. The van der Waals surface area contributed by atoms with Gasteiger partial charge >= 0.3 is 5.69 Å². The molecule has 0 bridgehead atoms. The highest BCUT2D eigenvalue weighted by Gasteiger charge is 2.27. The number of hydrogen-bond donors (Lipinski definition) is 1. The number of imidazole rings is 1. The van der Waals surface area contributed by atoms with Gasteiger partial charge in [-0.3, -0.25) is 18.7 Å². The van der Waals surface area contributed by atoms with Gasteiger partial charge < -0.3 is 4.98 Å². The van der Waals surface area contributed by atoms with Crippen LogP contribution in [0.3, 0.4) is 0 Å². The summed E-state index contributed by atoms with van der Waals surface area (Å²) in [5, 5.41) is 0. The van der Waals surface area contributed by atoms with Gasteiger partial charge in [0.15, 0.2) is 5.65 Å². The number of ketones is 1. The lowest BCUT2D eigenvalue weighted by molar-refractivity contribution is -0.117. The van der Waals surface area contributed by atoms with Crippen LogP contribution < -0.4 is 11.2 Å². The summed E-state index contributed by atoms with van der Waals surface area (Å²) < 4.78 is 2.85. The zero-order valence-corrected chi connectivity index (χ0v) is 13.6.